The number of ether oxygens (including phenoxy) is 5. The van der Waals surface area contributed by atoms with Crippen LogP contribution in [0.5, 0.6) is 0 Å². The van der Waals surface area contributed by atoms with Gasteiger partial charge in [-0.3, -0.25) is 42.8 Å². The fraction of sp³-hybridized carbons (Fsp3) is 0.536. The second kappa shape index (κ2) is 34.8. The minimum absolute atomic E-state index is 0.0692. The first-order valence-electron chi connectivity index (χ1n) is 31.5. The molecule has 0 saturated heterocycles. The number of hydrogen-bond donors (Lipinski definition) is 7. The summed E-state index contributed by atoms with van der Waals surface area (Å²) in [5, 5.41) is 20.9. The van der Waals surface area contributed by atoms with Gasteiger partial charge in [-0.15, -0.1) is 0 Å². The Morgan fingerprint density at radius 3 is 1.44 bits per heavy atom. The number of esters is 5. The van der Waals surface area contributed by atoms with Crippen molar-refractivity contribution in [2.24, 2.45) is 0 Å². The molecule has 0 aliphatic rings. The van der Waals surface area contributed by atoms with Gasteiger partial charge in [-0.05, 0) is 162 Å². The number of quaternary nitrogens is 1. The summed E-state index contributed by atoms with van der Waals surface area (Å²) < 4.78 is 27.2. The van der Waals surface area contributed by atoms with Crippen LogP contribution >= 0.6 is 0 Å². The van der Waals surface area contributed by atoms with Gasteiger partial charge in [-0.25, -0.2) is 19.4 Å². The number of benzene rings is 3. The molecule has 7 N–H and O–H groups in total. The maximum atomic E-state index is 14.2. The number of hydrogen-bond acceptors (Lipinski definition) is 17. The smallest absolute Gasteiger partial charge is 0.329 e. The average Bonchev–Trinajstić information content (AvgIpc) is 0.869. The van der Waals surface area contributed by atoms with Crippen LogP contribution in [0.4, 0.5) is 10.6 Å². The molecule has 0 saturated carbocycles. The van der Waals surface area contributed by atoms with Crippen LogP contribution < -0.4 is 41.7 Å². The van der Waals surface area contributed by atoms with Gasteiger partial charge in [0, 0.05) is 56.6 Å². The van der Waals surface area contributed by atoms with Crippen molar-refractivity contribution >= 4 is 82.0 Å². The van der Waals surface area contributed by atoms with Gasteiger partial charge in [-0.1, -0.05) is 54.6 Å². The van der Waals surface area contributed by atoms with Crippen molar-refractivity contribution < 1.29 is 76.4 Å². The predicted molar refractivity (Wildman–Crippen MR) is 353 cm³/mol. The SMILES string of the molecule is COC(=O)C(CCCCNC(=O)C(Cc1ccc2ccccc2c1)NC(=O)c1ccc(CNC(=O)C(CCC(=O)OC(C)(C)C)NC(=O)C(CCC(=O)OC(C)(C)C)NC(=O)c2ccc([N+](C)(C)C)nc2)cc1)NC(=O)N[C@@H](CCC(=O)OC(C)(C)C)C(=O)OC(C)(C)C. The number of aromatic nitrogens is 1. The molecule has 3 aromatic carbocycles. The number of unbranched alkanes of at least 4 members (excludes halogenated alkanes) is 1. The molecule has 4 unspecified atom stereocenters. The summed E-state index contributed by atoms with van der Waals surface area (Å²) in [6.07, 6.45) is 0.838. The summed E-state index contributed by atoms with van der Waals surface area (Å²) in [4.78, 5) is 152. The normalized spacial score (nSPS) is 13.4. The molecule has 0 bridgehead atoms. The number of urea groups is 1. The van der Waals surface area contributed by atoms with E-state index in [-0.39, 0.29) is 75.6 Å². The summed E-state index contributed by atoms with van der Waals surface area (Å²) >= 11 is 0. The van der Waals surface area contributed by atoms with Gasteiger partial charge < -0.3 is 60.9 Å². The largest absolute Gasteiger partial charge is 0.467 e. The van der Waals surface area contributed by atoms with E-state index in [1.54, 1.807) is 107 Å². The number of rotatable bonds is 31. The van der Waals surface area contributed by atoms with E-state index >= 15 is 0 Å². The van der Waals surface area contributed by atoms with Crippen LogP contribution in [0.3, 0.4) is 0 Å². The first-order chi connectivity index (χ1) is 43.7. The molecule has 0 radical (unpaired) electrons. The maximum absolute atomic E-state index is 14.2. The summed E-state index contributed by atoms with van der Waals surface area (Å²) in [6, 6.07) is 15.8. The number of carbonyl (C=O) groups is 11. The highest BCUT2D eigenvalue weighted by Crippen LogP contribution is 2.20. The van der Waals surface area contributed by atoms with Gasteiger partial charge in [0.05, 0.1) is 33.8 Å². The van der Waals surface area contributed by atoms with E-state index < -0.39 is 118 Å². The van der Waals surface area contributed by atoms with E-state index in [0.717, 1.165) is 23.4 Å². The summed E-state index contributed by atoms with van der Waals surface area (Å²) in [6.45, 7) is 20.2. The molecular formula is C69H98N9O16+. The minimum atomic E-state index is -1.35. The zero-order chi connectivity index (χ0) is 70.4. The molecule has 25 nitrogen and oxygen atoms in total. The van der Waals surface area contributed by atoms with Gasteiger partial charge in [0.1, 0.15) is 52.6 Å². The third-order valence-electron chi connectivity index (χ3n) is 13.7. The molecule has 514 valence electrons. The molecule has 0 aliphatic carbocycles. The van der Waals surface area contributed by atoms with Crippen molar-refractivity contribution in [2.75, 3.05) is 34.8 Å². The highest BCUT2D eigenvalue weighted by atomic mass is 16.6. The van der Waals surface area contributed by atoms with Crippen LogP contribution in [0.1, 0.15) is 173 Å². The summed E-state index contributed by atoms with van der Waals surface area (Å²) in [5.41, 5.74) is -1.76. The van der Waals surface area contributed by atoms with E-state index in [2.05, 4.69) is 42.2 Å². The predicted octanol–water partition coefficient (Wildman–Crippen LogP) is 6.88. The lowest BCUT2D eigenvalue weighted by atomic mass is 10.0. The maximum Gasteiger partial charge on any atom is 0.329 e. The van der Waals surface area contributed by atoms with E-state index in [1.165, 1.54) is 18.3 Å². The van der Waals surface area contributed by atoms with Gasteiger partial charge in [0.2, 0.25) is 23.5 Å². The Bertz CT molecular complexity index is 3280. The number of fused-ring (bicyclic) bond motifs is 1. The van der Waals surface area contributed by atoms with E-state index in [1.807, 2.05) is 63.6 Å². The molecule has 0 fully saturated rings. The monoisotopic (exact) mass is 1310 g/mol. The first kappa shape index (κ1) is 77.4. The third kappa shape index (κ3) is 28.9. The number of nitrogens with one attached hydrogen (secondary N) is 7. The highest BCUT2D eigenvalue weighted by molar-refractivity contribution is 5.99. The molecule has 0 spiro atoms. The molecule has 5 atom stereocenters. The second-order valence-corrected chi connectivity index (χ2v) is 27.8. The standard InChI is InChI=1S/C69H97N9O16/c1-66(2,3)91-55(79)35-31-49(74-62(86)50(32-36-56(80)92-67(4,5)6)73-59(83)48-30-34-54(71-42-48)78(13,14)15)60(84)72-41-43-24-28-46(29-25-43)58(82)75-53(40-44-26-27-45-21-17-18-22-47(45)39-44)61(85)70-38-20-19-23-51(63(87)90-16)76-65(89)77-52(64(88)94-69(10,11)12)33-37-57(81)93-68(7,8)9/h17-18,21-22,24-30,34,39,42,49-53H,19-20,23,31-33,35-38,40-41H2,1-16H3,(H6-,70,72,73,74,75,76,77,82,83,84,85,86,89)/p+1/t49?,50?,51?,52-,53?/m0/s1. The Morgan fingerprint density at radius 1 is 0.457 bits per heavy atom. The Hall–Kier alpha value is -9.00. The molecule has 1 aromatic heterocycles. The minimum Gasteiger partial charge on any atom is -0.467 e. The zero-order valence-corrected chi connectivity index (χ0v) is 57.4. The van der Waals surface area contributed by atoms with E-state index in [9.17, 15) is 52.7 Å². The van der Waals surface area contributed by atoms with Crippen LogP contribution in [-0.2, 0) is 75.0 Å². The van der Waals surface area contributed by atoms with Crippen LogP contribution in [0.25, 0.3) is 10.8 Å². The van der Waals surface area contributed by atoms with Crippen molar-refractivity contribution in [3.05, 3.63) is 107 Å². The van der Waals surface area contributed by atoms with Crippen molar-refractivity contribution in [1.29, 1.82) is 0 Å². The fourth-order valence-electron chi connectivity index (χ4n) is 9.25. The number of carbonyl (C=O) groups excluding carboxylic acids is 11. The molecule has 1 heterocycles. The molecule has 94 heavy (non-hydrogen) atoms. The quantitative estimate of drug-likeness (QED) is 0.0117. The first-order valence-corrected chi connectivity index (χ1v) is 31.5. The van der Waals surface area contributed by atoms with Crippen LogP contribution in [0.2, 0.25) is 0 Å². The van der Waals surface area contributed by atoms with Crippen molar-refractivity contribution in [3.8, 4) is 0 Å². The Kier molecular flexibility index (Phi) is 28.7. The zero-order valence-electron chi connectivity index (χ0n) is 57.4. The molecule has 7 amide bonds. The van der Waals surface area contributed by atoms with Crippen LogP contribution in [0, 0.1) is 0 Å². The molecule has 4 aromatic rings. The average molecular weight is 1310 g/mol. The number of pyridine rings is 1. The number of methoxy groups -OCH3 is 1. The van der Waals surface area contributed by atoms with E-state index in [4.69, 9.17) is 23.7 Å². The van der Waals surface area contributed by atoms with Gasteiger partial charge in [0.15, 0.2) is 0 Å². The highest BCUT2D eigenvalue weighted by Gasteiger charge is 2.33. The van der Waals surface area contributed by atoms with Gasteiger partial charge in [0.25, 0.3) is 11.8 Å². The van der Waals surface area contributed by atoms with Crippen LogP contribution in [0.15, 0.2) is 85.1 Å². The van der Waals surface area contributed by atoms with Crippen molar-refractivity contribution in [2.45, 2.75) is 206 Å². The summed E-state index contributed by atoms with van der Waals surface area (Å²) in [5.74, 6) is -5.99. The lowest BCUT2D eigenvalue weighted by molar-refractivity contribution is -0.159. The van der Waals surface area contributed by atoms with Crippen molar-refractivity contribution in [1.82, 2.24) is 46.7 Å². The number of nitrogens with zero attached hydrogens (tertiary/aromatic N) is 2. The Morgan fingerprint density at radius 2 is 0.926 bits per heavy atom. The topological polar surface area (TPSA) is 331 Å². The van der Waals surface area contributed by atoms with E-state index in [0.29, 0.717) is 28.7 Å². The van der Waals surface area contributed by atoms with Gasteiger partial charge >= 0.3 is 35.9 Å². The Labute approximate surface area is 551 Å². The van der Waals surface area contributed by atoms with Crippen molar-refractivity contribution in [3.63, 3.8) is 0 Å². The summed E-state index contributed by atoms with van der Waals surface area (Å²) in [7, 11) is 6.88. The van der Waals surface area contributed by atoms with Crippen LogP contribution in [-0.4, -0.2) is 158 Å². The Balaban J connectivity index is 1.47. The third-order valence-corrected chi connectivity index (χ3v) is 13.7. The molecule has 0 aliphatic heterocycles. The molecular weight excluding hydrogens is 1210 g/mol. The second-order valence-electron chi connectivity index (χ2n) is 27.8. The lowest BCUT2D eigenvalue weighted by Gasteiger charge is -2.26. The number of amides is 7. The lowest BCUT2D eigenvalue weighted by Crippen LogP contribution is -2.54. The fourth-order valence-corrected chi connectivity index (χ4v) is 9.25. The molecule has 25 heteroatoms. The van der Waals surface area contributed by atoms with Gasteiger partial charge in [-0.2, -0.15) is 0 Å². The molecule has 4 rings (SSSR count).